The van der Waals surface area contributed by atoms with Crippen LogP contribution < -0.4 is 10.6 Å². The number of carbonyl (C=O) groups excluding carboxylic acids is 3. The number of aryl methyl sites for hydroxylation is 1. The van der Waals surface area contributed by atoms with Gasteiger partial charge in [0, 0.05) is 18.7 Å². The van der Waals surface area contributed by atoms with E-state index in [1.807, 2.05) is 49.1 Å². The average molecular weight is 487 g/mol. The van der Waals surface area contributed by atoms with Crippen LogP contribution in [0.15, 0.2) is 54.6 Å². The first-order valence-electron chi connectivity index (χ1n) is 12.4. The summed E-state index contributed by atoms with van der Waals surface area (Å²) in [6.45, 7) is 6.82. The molecule has 2 aromatic carbocycles. The van der Waals surface area contributed by atoms with Crippen LogP contribution in [0.3, 0.4) is 0 Å². The van der Waals surface area contributed by atoms with E-state index in [9.17, 15) is 14.4 Å². The molecule has 0 saturated carbocycles. The van der Waals surface area contributed by atoms with Crippen molar-refractivity contribution in [2.75, 3.05) is 32.8 Å². The first-order valence-corrected chi connectivity index (χ1v) is 12.4. The van der Waals surface area contributed by atoms with Gasteiger partial charge in [0.2, 0.25) is 11.8 Å². The number of nitrogens with zero attached hydrogens (tertiary/aromatic N) is 1. The summed E-state index contributed by atoms with van der Waals surface area (Å²) in [5, 5.41) is 5.87. The Labute approximate surface area is 226 Å². The van der Waals surface area contributed by atoms with E-state index in [-0.39, 0.29) is 48.9 Å². The van der Waals surface area contributed by atoms with E-state index in [0.29, 0.717) is 51.1 Å². The van der Waals surface area contributed by atoms with Crippen LogP contribution in [0.25, 0.3) is 0 Å². The predicted octanol–water partition coefficient (Wildman–Crippen LogP) is 2.00. The second-order valence-electron chi connectivity index (χ2n) is 9.38. The maximum absolute atomic E-state index is 13.4. The Morgan fingerprint density at radius 2 is 1.64 bits per heavy atom. The molecular formula is C28H37LiN3O4. The van der Waals surface area contributed by atoms with Crippen LogP contribution in [0.5, 0.6) is 0 Å². The van der Waals surface area contributed by atoms with Crippen LogP contribution in [0.1, 0.15) is 42.6 Å². The number of carbonyl (C=O) groups is 3. The molecule has 7 nitrogen and oxygen atoms in total. The molecule has 2 aromatic rings. The summed E-state index contributed by atoms with van der Waals surface area (Å²) in [7, 11) is 0. The fourth-order valence-electron chi connectivity index (χ4n) is 4.15. The number of benzene rings is 2. The third kappa shape index (κ3) is 9.91. The zero-order chi connectivity index (χ0) is 25.0. The van der Waals surface area contributed by atoms with Crippen molar-refractivity contribution in [1.29, 1.82) is 0 Å². The minimum absolute atomic E-state index is 0. The molecule has 0 aromatic heterocycles. The molecule has 1 saturated heterocycles. The molecule has 2 atom stereocenters. The zero-order valence-electron chi connectivity index (χ0n) is 20.7. The molecule has 2 N–H and O–H groups in total. The predicted molar refractivity (Wildman–Crippen MR) is 142 cm³/mol. The molecule has 1 aliphatic rings. The Hall–Kier alpha value is -2.43. The van der Waals surface area contributed by atoms with E-state index in [1.165, 1.54) is 0 Å². The quantitative estimate of drug-likeness (QED) is 0.354. The van der Waals surface area contributed by atoms with Gasteiger partial charge >= 0.3 is 18.9 Å². The average Bonchev–Trinajstić information content (AvgIpc) is 2.87. The number of nitrogens with one attached hydrogen (secondary N) is 2. The summed E-state index contributed by atoms with van der Waals surface area (Å²) in [5.41, 5.74) is 1.62. The number of morpholine rings is 1. The van der Waals surface area contributed by atoms with Crippen molar-refractivity contribution in [1.82, 2.24) is 15.5 Å². The first kappa shape index (κ1) is 29.8. The van der Waals surface area contributed by atoms with Crippen molar-refractivity contribution >= 4 is 36.5 Å². The van der Waals surface area contributed by atoms with Gasteiger partial charge in [0.25, 0.3) is 0 Å². The summed E-state index contributed by atoms with van der Waals surface area (Å²) >= 11 is 0. The third-order valence-corrected chi connectivity index (χ3v) is 6.03. The van der Waals surface area contributed by atoms with Gasteiger partial charge in [-0.15, -0.1) is 0 Å². The number of hydrogen-bond acceptors (Lipinski definition) is 5. The number of ether oxygens (including phenoxy) is 1. The summed E-state index contributed by atoms with van der Waals surface area (Å²) in [6, 6.07) is 18.2. The Balaban J connectivity index is 0.00000456. The van der Waals surface area contributed by atoms with Gasteiger partial charge in [-0.05, 0) is 36.8 Å². The number of amides is 2. The molecule has 1 heterocycles. The van der Waals surface area contributed by atoms with Gasteiger partial charge in [-0.2, -0.15) is 0 Å². The van der Waals surface area contributed by atoms with Crippen LogP contribution in [-0.2, 0) is 20.7 Å². The van der Waals surface area contributed by atoms with Crippen LogP contribution in [0, 0.1) is 12.0 Å². The van der Waals surface area contributed by atoms with Crippen molar-refractivity contribution in [3.8, 4) is 0 Å². The topological polar surface area (TPSA) is 87.7 Å². The van der Waals surface area contributed by atoms with Gasteiger partial charge in [-0.1, -0.05) is 68.4 Å². The molecule has 0 unspecified atom stereocenters. The van der Waals surface area contributed by atoms with Gasteiger partial charge in [-0.25, -0.2) is 0 Å². The Morgan fingerprint density at radius 1 is 0.972 bits per heavy atom. The maximum atomic E-state index is 13.4. The molecule has 36 heavy (non-hydrogen) atoms. The van der Waals surface area contributed by atoms with Crippen LogP contribution in [0.2, 0.25) is 0 Å². The fourth-order valence-corrected chi connectivity index (χ4v) is 4.15. The van der Waals surface area contributed by atoms with Crippen molar-refractivity contribution in [3.63, 3.8) is 0 Å². The molecule has 8 heteroatoms. The van der Waals surface area contributed by atoms with Crippen molar-refractivity contribution < 1.29 is 19.1 Å². The standard InChI is InChI=1S/C28H36N3O4.Li.H/c1-21(2)19-25(27(33)23-11-7-4-8-12-23)30-28(34)24(14-13-22-9-5-3-6-10-22)29-26(32)20-31-15-17-35-18-16-31;;/h3,5-12,21,24-25H,13-20H2,1-2H3,(H,29,32)(H,30,34);;/t24-,25+;;/m0../s1. The molecule has 2 amide bonds. The van der Waals surface area contributed by atoms with Gasteiger partial charge in [0.15, 0.2) is 5.78 Å². The van der Waals surface area contributed by atoms with Crippen LogP contribution in [-0.4, -0.2) is 86.3 Å². The number of ketones is 1. The molecule has 0 aliphatic carbocycles. The summed E-state index contributed by atoms with van der Waals surface area (Å²) < 4.78 is 5.35. The van der Waals surface area contributed by atoms with E-state index >= 15 is 0 Å². The third-order valence-electron chi connectivity index (χ3n) is 6.03. The van der Waals surface area contributed by atoms with Crippen molar-refractivity contribution in [2.24, 2.45) is 5.92 Å². The first-order chi connectivity index (χ1) is 16.9. The van der Waals surface area contributed by atoms with Crippen molar-refractivity contribution in [3.05, 3.63) is 71.8 Å². The van der Waals surface area contributed by atoms with E-state index in [0.717, 1.165) is 5.56 Å². The van der Waals surface area contributed by atoms with E-state index in [1.54, 1.807) is 24.3 Å². The van der Waals surface area contributed by atoms with Gasteiger partial charge in [0.1, 0.15) is 6.04 Å². The second-order valence-corrected chi connectivity index (χ2v) is 9.38. The number of hydrogen-bond donors (Lipinski definition) is 2. The van der Waals surface area contributed by atoms with E-state index in [4.69, 9.17) is 4.74 Å². The summed E-state index contributed by atoms with van der Waals surface area (Å²) in [4.78, 5) is 41.4. The second kappa shape index (κ2) is 15.6. The number of Topliss-reactive ketones (excluding diaryl/α,β-unsaturated/α-hetero) is 1. The van der Waals surface area contributed by atoms with E-state index in [2.05, 4.69) is 16.7 Å². The van der Waals surface area contributed by atoms with Gasteiger partial charge < -0.3 is 15.4 Å². The molecule has 0 spiro atoms. The van der Waals surface area contributed by atoms with Gasteiger partial charge in [0.05, 0.1) is 25.8 Å². The molecule has 3 rings (SSSR count). The summed E-state index contributed by atoms with van der Waals surface area (Å²) in [5.74, 6) is -0.469. The Bertz CT molecular complexity index is 950. The number of rotatable bonds is 12. The molecule has 1 aliphatic heterocycles. The Kier molecular flexibility index (Phi) is 12.9. The minimum atomic E-state index is -0.740. The fraction of sp³-hybridized carbons (Fsp3) is 0.464. The normalized spacial score (nSPS) is 15.4. The molecular weight excluding hydrogens is 449 g/mol. The summed E-state index contributed by atoms with van der Waals surface area (Å²) in [6.07, 6.45) is 1.58. The van der Waals surface area contributed by atoms with Crippen LogP contribution in [0.4, 0.5) is 0 Å². The molecule has 1 fully saturated rings. The SMILES string of the molecule is CC(C)C[C@@H](NC(=O)[C@H](CCc1ccccc1)NC(=O)CN1CCOCC1)C(=O)c1cc[c]cc1.[LiH]. The monoisotopic (exact) mass is 486 g/mol. The Morgan fingerprint density at radius 3 is 2.28 bits per heavy atom. The van der Waals surface area contributed by atoms with E-state index < -0.39 is 12.1 Å². The van der Waals surface area contributed by atoms with Crippen LogP contribution >= 0.6 is 0 Å². The van der Waals surface area contributed by atoms with Gasteiger partial charge in [-0.3, -0.25) is 19.3 Å². The van der Waals surface area contributed by atoms with Crippen molar-refractivity contribution in [2.45, 2.75) is 45.2 Å². The molecule has 0 bridgehead atoms. The molecule has 1 radical (unpaired) electrons. The molecule has 189 valence electrons. The zero-order valence-corrected chi connectivity index (χ0v) is 20.7.